The van der Waals surface area contributed by atoms with E-state index in [9.17, 15) is 8.42 Å². The van der Waals surface area contributed by atoms with Gasteiger partial charge in [0.05, 0.1) is 9.75 Å². The van der Waals surface area contributed by atoms with Crippen LogP contribution in [0.5, 0.6) is 0 Å². The van der Waals surface area contributed by atoms with Crippen molar-refractivity contribution in [2.45, 2.75) is 30.9 Å². The van der Waals surface area contributed by atoms with Crippen molar-refractivity contribution in [2.24, 2.45) is 0 Å². The van der Waals surface area contributed by atoms with Crippen LogP contribution in [0.2, 0.25) is 0 Å². The zero-order valence-electron chi connectivity index (χ0n) is 7.66. The number of hydrogen-bond donors (Lipinski definition) is 0. The summed E-state index contributed by atoms with van der Waals surface area (Å²) in [7, 11) is 1.95. The predicted molar refractivity (Wildman–Crippen MR) is 57.3 cm³/mol. The van der Waals surface area contributed by atoms with Gasteiger partial charge < -0.3 is 0 Å². The first kappa shape index (κ1) is 10.4. The molecule has 1 aromatic heterocycles. The second-order valence-corrected chi connectivity index (χ2v) is 7.94. The summed E-state index contributed by atoms with van der Waals surface area (Å²) in [5.74, 6) is 0. The van der Waals surface area contributed by atoms with E-state index in [2.05, 4.69) is 4.98 Å². The highest BCUT2D eigenvalue weighted by atomic mass is 35.7. The molecule has 1 aliphatic rings. The number of rotatable bonds is 3. The fourth-order valence-electron chi connectivity index (χ4n) is 1.40. The van der Waals surface area contributed by atoms with Crippen molar-refractivity contribution >= 4 is 31.1 Å². The van der Waals surface area contributed by atoms with Crippen LogP contribution < -0.4 is 0 Å². The molecule has 78 valence electrons. The van der Waals surface area contributed by atoms with E-state index in [-0.39, 0.29) is 0 Å². The fourth-order valence-corrected chi connectivity index (χ4v) is 3.95. The third-order valence-electron chi connectivity index (χ3n) is 2.47. The van der Waals surface area contributed by atoms with Gasteiger partial charge in [-0.25, -0.2) is 13.4 Å². The van der Waals surface area contributed by atoms with E-state index in [1.807, 2.05) is 6.92 Å². The molecule has 0 aromatic carbocycles. The second-order valence-electron chi connectivity index (χ2n) is 3.66. The number of aromatic nitrogens is 1. The molecule has 1 aliphatic carbocycles. The minimum absolute atomic E-state index is 0.470. The highest BCUT2D eigenvalue weighted by molar-refractivity contribution is 8.15. The van der Waals surface area contributed by atoms with E-state index in [0.717, 1.165) is 9.88 Å². The van der Waals surface area contributed by atoms with Crippen LogP contribution in [0.25, 0.3) is 0 Å². The first-order chi connectivity index (χ1) is 6.43. The minimum atomic E-state index is -3.44. The van der Waals surface area contributed by atoms with Crippen molar-refractivity contribution in [2.75, 3.05) is 0 Å². The Morgan fingerprint density at radius 2 is 2.29 bits per heavy atom. The number of thiazole rings is 1. The van der Waals surface area contributed by atoms with Gasteiger partial charge in [-0.15, -0.1) is 11.3 Å². The Kier molecular flexibility index (Phi) is 2.36. The van der Waals surface area contributed by atoms with Crippen LogP contribution in [-0.4, -0.2) is 18.1 Å². The molecule has 2 rings (SSSR count). The molecule has 14 heavy (non-hydrogen) atoms. The maximum Gasteiger partial charge on any atom is 0.238 e. The second kappa shape index (κ2) is 3.18. The van der Waals surface area contributed by atoms with Gasteiger partial charge >= 0.3 is 0 Å². The van der Waals surface area contributed by atoms with Crippen LogP contribution in [-0.2, 0) is 15.5 Å². The molecule has 0 spiro atoms. The summed E-state index contributed by atoms with van der Waals surface area (Å²) in [6.07, 6.45) is 3.56. The lowest BCUT2D eigenvalue weighted by Crippen LogP contribution is -2.20. The van der Waals surface area contributed by atoms with Crippen LogP contribution in [0.3, 0.4) is 0 Å². The molecule has 0 saturated heterocycles. The average molecular weight is 252 g/mol. The maximum absolute atomic E-state index is 11.3. The Morgan fingerprint density at radius 3 is 2.64 bits per heavy atom. The molecular weight excluding hydrogens is 242 g/mol. The summed E-state index contributed by atoms with van der Waals surface area (Å²) in [5, 5.41) is 0.865. The third kappa shape index (κ3) is 1.81. The summed E-state index contributed by atoms with van der Waals surface area (Å²) < 4.78 is 21.8. The molecule has 1 aromatic rings. The SMILES string of the molecule is Cc1cnc(CC2(S(=O)(=O)Cl)CC2)s1. The van der Waals surface area contributed by atoms with Crippen molar-refractivity contribution in [3.63, 3.8) is 0 Å². The van der Waals surface area contributed by atoms with Gasteiger partial charge in [-0.2, -0.15) is 0 Å². The summed E-state index contributed by atoms with van der Waals surface area (Å²) in [6.45, 7) is 1.95. The summed E-state index contributed by atoms with van der Waals surface area (Å²) in [5.41, 5.74) is 0. The van der Waals surface area contributed by atoms with E-state index in [0.29, 0.717) is 19.3 Å². The van der Waals surface area contributed by atoms with Gasteiger partial charge in [0, 0.05) is 28.2 Å². The Bertz CT molecular complexity index is 448. The molecule has 0 aliphatic heterocycles. The van der Waals surface area contributed by atoms with Gasteiger partial charge in [0.15, 0.2) is 0 Å². The Balaban J connectivity index is 2.20. The first-order valence-corrected chi connectivity index (χ1v) is 7.41. The molecule has 3 nitrogen and oxygen atoms in total. The first-order valence-electron chi connectivity index (χ1n) is 4.28. The third-order valence-corrected chi connectivity index (χ3v) is 5.95. The van der Waals surface area contributed by atoms with Gasteiger partial charge in [0.1, 0.15) is 0 Å². The zero-order chi connectivity index (χ0) is 10.4. The van der Waals surface area contributed by atoms with Crippen LogP contribution >= 0.6 is 22.0 Å². The van der Waals surface area contributed by atoms with Gasteiger partial charge in [0.2, 0.25) is 9.05 Å². The van der Waals surface area contributed by atoms with Gasteiger partial charge in [-0.3, -0.25) is 0 Å². The highest BCUT2D eigenvalue weighted by Gasteiger charge is 2.54. The molecule has 0 bridgehead atoms. The lowest BCUT2D eigenvalue weighted by atomic mass is 10.3. The minimum Gasteiger partial charge on any atom is -0.249 e. The van der Waals surface area contributed by atoms with E-state index in [1.165, 1.54) is 11.3 Å². The Morgan fingerprint density at radius 1 is 1.64 bits per heavy atom. The lowest BCUT2D eigenvalue weighted by Gasteiger charge is -2.07. The number of aryl methyl sites for hydroxylation is 1. The normalized spacial score (nSPS) is 19.6. The highest BCUT2D eigenvalue weighted by Crippen LogP contribution is 2.48. The number of hydrogen-bond acceptors (Lipinski definition) is 4. The molecule has 0 amide bonds. The average Bonchev–Trinajstić information content (AvgIpc) is 2.71. The summed E-state index contributed by atoms with van der Waals surface area (Å²) >= 11 is 1.54. The van der Waals surface area contributed by atoms with Gasteiger partial charge in [-0.05, 0) is 19.8 Å². The van der Waals surface area contributed by atoms with E-state index in [4.69, 9.17) is 10.7 Å². The molecule has 0 unspecified atom stereocenters. The number of halogens is 1. The Labute approximate surface area is 91.5 Å². The summed E-state index contributed by atoms with van der Waals surface area (Å²) in [6, 6.07) is 0. The molecular formula is C8H10ClNO2S2. The van der Waals surface area contributed by atoms with Crippen molar-refractivity contribution in [1.29, 1.82) is 0 Å². The largest absolute Gasteiger partial charge is 0.249 e. The molecule has 0 atom stereocenters. The molecule has 1 heterocycles. The van der Waals surface area contributed by atoms with E-state index in [1.54, 1.807) is 6.20 Å². The molecule has 6 heteroatoms. The van der Waals surface area contributed by atoms with Crippen LogP contribution in [0, 0.1) is 6.92 Å². The molecule has 1 fully saturated rings. The van der Waals surface area contributed by atoms with Crippen LogP contribution in [0.1, 0.15) is 22.7 Å². The van der Waals surface area contributed by atoms with Gasteiger partial charge in [-0.1, -0.05) is 0 Å². The zero-order valence-corrected chi connectivity index (χ0v) is 10.0. The van der Waals surface area contributed by atoms with Crippen molar-refractivity contribution in [3.8, 4) is 0 Å². The lowest BCUT2D eigenvalue weighted by molar-refractivity contribution is 0.590. The van der Waals surface area contributed by atoms with E-state index < -0.39 is 13.8 Å². The topological polar surface area (TPSA) is 47.0 Å². The van der Waals surface area contributed by atoms with Crippen molar-refractivity contribution < 1.29 is 8.42 Å². The van der Waals surface area contributed by atoms with Crippen LogP contribution in [0.4, 0.5) is 0 Å². The fraction of sp³-hybridized carbons (Fsp3) is 0.625. The standard InChI is InChI=1S/C8H10ClNO2S2/c1-6-5-10-7(13-6)4-8(2-3-8)14(9,11)12/h5H,2-4H2,1H3. The van der Waals surface area contributed by atoms with Crippen LogP contribution in [0.15, 0.2) is 6.20 Å². The predicted octanol–water partition coefficient (Wildman–Crippen LogP) is 2.10. The monoisotopic (exact) mass is 251 g/mol. The van der Waals surface area contributed by atoms with E-state index >= 15 is 0 Å². The number of nitrogens with zero attached hydrogens (tertiary/aromatic N) is 1. The maximum atomic E-state index is 11.3. The molecule has 0 radical (unpaired) electrons. The molecule has 0 N–H and O–H groups in total. The van der Waals surface area contributed by atoms with Crippen molar-refractivity contribution in [3.05, 3.63) is 16.1 Å². The van der Waals surface area contributed by atoms with Gasteiger partial charge in [0.25, 0.3) is 0 Å². The quantitative estimate of drug-likeness (QED) is 0.773. The summed E-state index contributed by atoms with van der Waals surface area (Å²) in [4.78, 5) is 5.25. The van der Waals surface area contributed by atoms with Crippen molar-refractivity contribution in [1.82, 2.24) is 4.98 Å². The smallest absolute Gasteiger partial charge is 0.238 e. The Hall–Kier alpha value is -0.130. The molecule has 1 saturated carbocycles.